The number of aromatic hydroxyl groups is 1. The second-order valence-corrected chi connectivity index (χ2v) is 9.97. The first-order valence-electron chi connectivity index (χ1n) is 9.03. The Hall–Kier alpha value is -2.35. The fourth-order valence-electron chi connectivity index (χ4n) is 2.70. The van der Waals surface area contributed by atoms with Crippen LogP contribution in [0.4, 0.5) is 0 Å². The molecule has 0 bridgehead atoms. The molecule has 1 atom stereocenters. The second-order valence-electron chi connectivity index (χ2n) is 6.70. The minimum absolute atomic E-state index is 0.0384. The Labute approximate surface area is 182 Å². The van der Waals surface area contributed by atoms with Crippen LogP contribution in [0.15, 0.2) is 34.8 Å². The van der Waals surface area contributed by atoms with Crippen molar-refractivity contribution in [2.24, 2.45) is 0 Å². The number of phenolic OH excluding ortho intramolecular Hbond substituents is 1. The van der Waals surface area contributed by atoms with Crippen LogP contribution in [0.5, 0.6) is 17.2 Å². The van der Waals surface area contributed by atoms with Crippen molar-refractivity contribution in [2.45, 2.75) is 20.0 Å². The van der Waals surface area contributed by atoms with E-state index in [-0.39, 0.29) is 36.4 Å². The maximum atomic E-state index is 12.3. The third-order valence-electron chi connectivity index (χ3n) is 3.90. The first-order chi connectivity index (χ1) is 14.0. The van der Waals surface area contributed by atoms with Crippen LogP contribution in [0.3, 0.4) is 0 Å². The predicted octanol–water partition coefficient (Wildman–Crippen LogP) is 3.95. The standard InChI is InChI=1S/C20H23BrNO7P/c1-4-28-18(24)10-22-20(25)15-9-14(5-6-17(15)23)29-19-12(2)7-13(8-16(19)21)11-30(3,26)27/h5-9,23H,4,10-11H2,1-3H3,(H,22,25)(H,26,27). The zero-order chi connectivity index (χ0) is 22.5. The van der Waals surface area contributed by atoms with Crippen LogP contribution < -0.4 is 10.1 Å². The molecule has 1 unspecified atom stereocenters. The molecule has 0 heterocycles. The highest BCUT2D eigenvalue weighted by Crippen LogP contribution is 2.42. The van der Waals surface area contributed by atoms with E-state index < -0.39 is 19.2 Å². The Kier molecular flexibility index (Phi) is 8.06. The van der Waals surface area contributed by atoms with Crippen molar-refractivity contribution in [3.8, 4) is 17.2 Å². The van der Waals surface area contributed by atoms with E-state index in [9.17, 15) is 24.2 Å². The first-order valence-corrected chi connectivity index (χ1v) is 12.1. The lowest BCUT2D eigenvalue weighted by Gasteiger charge is -2.15. The van der Waals surface area contributed by atoms with Gasteiger partial charge < -0.3 is 24.8 Å². The minimum Gasteiger partial charge on any atom is -0.507 e. The number of carbonyl (C=O) groups excluding carboxylic acids is 2. The lowest BCUT2D eigenvalue weighted by molar-refractivity contribution is -0.141. The number of amides is 1. The highest BCUT2D eigenvalue weighted by molar-refractivity contribution is 9.10. The number of hydrogen-bond acceptors (Lipinski definition) is 6. The van der Waals surface area contributed by atoms with Gasteiger partial charge in [0, 0.05) is 12.8 Å². The molecular weight excluding hydrogens is 477 g/mol. The molecule has 0 saturated heterocycles. The molecule has 0 fully saturated rings. The third-order valence-corrected chi connectivity index (χ3v) is 5.44. The van der Waals surface area contributed by atoms with E-state index in [1.165, 1.54) is 24.9 Å². The lowest BCUT2D eigenvalue weighted by Crippen LogP contribution is -2.30. The van der Waals surface area contributed by atoms with E-state index >= 15 is 0 Å². The van der Waals surface area contributed by atoms with Gasteiger partial charge in [0.25, 0.3) is 5.91 Å². The first kappa shape index (κ1) is 23.9. The number of phenols is 1. The molecule has 3 N–H and O–H groups in total. The summed E-state index contributed by atoms with van der Waals surface area (Å²) in [5, 5.41) is 12.4. The van der Waals surface area contributed by atoms with Crippen LogP contribution in [0, 0.1) is 6.92 Å². The number of nitrogens with one attached hydrogen (secondary N) is 1. The molecule has 2 rings (SSSR count). The van der Waals surface area contributed by atoms with Gasteiger partial charge in [-0.1, -0.05) is 6.07 Å². The summed E-state index contributed by atoms with van der Waals surface area (Å²) in [5.74, 6) is -0.757. The predicted molar refractivity (Wildman–Crippen MR) is 115 cm³/mol. The van der Waals surface area contributed by atoms with E-state index in [2.05, 4.69) is 21.2 Å². The lowest BCUT2D eigenvalue weighted by atomic mass is 10.1. The van der Waals surface area contributed by atoms with E-state index in [1.54, 1.807) is 26.0 Å². The molecule has 0 radical (unpaired) electrons. The zero-order valence-corrected chi connectivity index (χ0v) is 19.2. The number of hydrogen-bond donors (Lipinski definition) is 3. The van der Waals surface area contributed by atoms with Crippen molar-refractivity contribution < 1.29 is 33.6 Å². The maximum Gasteiger partial charge on any atom is 0.325 e. The van der Waals surface area contributed by atoms with E-state index in [1.807, 2.05) is 0 Å². The fourth-order valence-corrected chi connectivity index (χ4v) is 4.25. The van der Waals surface area contributed by atoms with Gasteiger partial charge in [-0.3, -0.25) is 14.2 Å². The van der Waals surface area contributed by atoms with Crippen LogP contribution in [-0.4, -0.2) is 41.7 Å². The summed E-state index contributed by atoms with van der Waals surface area (Å²) in [6.07, 6.45) is 0.0384. The molecule has 30 heavy (non-hydrogen) atoms. The van der Waals surface area contributed by atoms with Crippen LogP contribution in [-0.2, 0) is 20.3 Å². The summed E-state index contributed by atoms with van der Waals surface area (Å²) in [5.41, 5.74) is 1.34. The summed E-state index contributed by atoms with van der Waals surface area (Å²) < 4.78 is 22.9. The second kappa shape index (κ2) is 10.1. The van der Waals surface area contributed by atoms with Gasteiger partial charge in [-0.25, -0.2) is 0 Å². The SMILES string of the molecule is CCOC(=O)CNC(=O)c1cc(Oc2c(C)cc(CP(C)(=O)O)cc2Br)ccc1O. The third kappa shape index (κ3) is 6.86. The Balaban J connectivity index is 2.22. The van der Waals surface area contributed by atoms with Crippen molar-refractivity contribution >= 4 is 35.2 Å². The minimum atomic E-state index is -3.22. The molecule has 0 aromatic heterocycles. The zero-order valence-electron chi connectivity index (χ0n) is 16.8. The average Bonchev–Trinajstić information content (AvgIpc) is 2.63. The summed E-state index contributed by atoms with van der Waals surface area (Å²) in [6.45, 7) is 4.62. The molecule has 0 aliphatic carbocycles. The van der Waals surface area contributed by atoms with Crippen molar-refractivity contribution in [1.29, 1.82) is 0 Å². The maximum absolute atomic E-state index is 12.3. The summed E-state index contributed by atoms with van der Waals surface area (Å²) >= 11 is 3.40. The molecule has 162 valence electrons. The van der Waals surface area contributed by atoms with Crippen LogP contribution >= 0.6 is 23.3 Å². The summed E-state index contributed by atoms with van der Waals surface area (Å²) in [7, 11) is -3.22. The molecule has 0 aliphatic rings. The van der Waals surface area contributed by atoms with Crippen molar-refractivity contribution in [1.82, 2.24) is 5.32 Å². The van der Waals surface area contributed by atoms with Gasteiger partial charge in [0.2, 0.25) is 7.37 Å². The highest BCUT2D eigenvalue weighted by Gasteiger charge is 2.17. The van der Waals surface area contributed by atoms with Gasteiger partial charge in [-0.05, 0) is 65.2 Å². The van der Waals surface area contributed by atoms with Gasteiger partial charge in [-0.15, -0.1) is 0 Å². The molecule has 2 aromatic carbocycles. The number of ether oxygens (including phenoxy) is 2. The monoisotopic (exact) mass is 499 g/mol. The number of aryl methyl sites for hydroxylation is 1. The number of rotatable bonds is 8. The molecule has 0 spiro atoms. The topological polar surface area (TPSA) is 122 Å². The smallest absolute Gasteiger partial charge is 0.325 e. The summed E-state index contributed by atoms with van der Waals surface area (Å²) in [6, 6.07) is 7.60. The molecular formula is C20H23BrNO7P. The van der Waals surface area contributed by atoms with Crippen molar-refractivity contribution in [2.75, 3.05) is 19.8 Å². The average molecular weight is 500 g/mol. The van der Waals surface area contributed by atoms with Gasteiger partial charge in [0.05, 0.1) is 16.6 Å². The molecule has 1 amide bonds. The molecule has 2 aromatic rings. The Morgan fingerprint density at radius 3 is 2.53 bits per heavy atom. The largest absolute Gasteiger partial charge is 0.507 e. The van der Waals surface area contributed by atoms with Crippen LogP contribution in [0.1, 0.15) is 28.4 Å². The normalized spacial score (nSPS) is 12.7. The number of benzene rings is 2. The Morgan fingerprint density at radius 2 is 1.93 bits per heavy atom. The molecule has 10 heteroatoms. The highest BCUT2D eigenvalue weighted by atomic mass is 79.9. The quantitative estimate of drug-likeness (QED) is 0.371. The molecule has 0 saturated carbocycles. The Bertz CT molecular complexity index is 980. The fraction of sp³-hybridized carbons (Fsp3) is 0.300. The summed E-state index contributed by atoms with van der Waals surface area (Å²) in [4.78, 5) is 33.3. The van der Waals surface area contributed by atoms with Gasteiger partial charge in [0.15, 0.2) is 0 Å². The van der Waals surface area contributed by atoms with Crippen LogP contribution in [0.2, 0.25) is 0 Å². The van der Waals surface area contributed by atoms with Crippen molar-refractivity contribution in [3.63, 3.8) is 0 Å². The van der Waals surface area contributed by atoms with Gasteiger partial charge in [0.1, 0.15) is 23.8 Å². The molecule has 0 aliphatic heterocycles. The number of esters is 1. The van der Waals surface area contributed by atoms with E-state index in [4.69, 9.17) is 9.47 Å². The van der Waals surface area contributed by atoms with Crippen LogP contribution in [0.25, 0.3) is 0 Å². The molecule has 8 nitrogen and oxygen atoms in total. The van der Waals surface area contributed by atoms with E-state index in [0.717, 1.165) is 0 Å². The number of halogens is 1. The van der Waals surface area contributed by atoms with Crippen molar-refractivity contribution in [3.05, 3.63) is 51.5 Å². The number of carbonyl (C=O) groups is 2. The van der Waals surface area contributed by atoms with Gasteiger partial charge in [-0.2, -0.15) is 0 Å². The van der Waals surface area contributed by atoms with Gasteiger partial charge >= 0.3 is 5.97 Å². The Morgan fingerprint density at radius 1 is 1.23 bits per heavy atom. The van der Waals surface area contributed by atoms with E-state index in [0.29, 0.717) is 21.3 Å².